The second-order valence-corrected chi connectivity index (χ2v) is 12.5. The average molecular weight is 441 g/mol. The van der Waals surface area contributed by atoms with Crippen LogP contribution in [0.2, 0.25) is 0 Å². The van der Waals surface area contributed by atoms with E-state index in [1.165, 1.54) is 6.42 Å². The van der Waals surface area contributed by atoms with Crippen molar-refractivity contribution in [1.82, 2.24) is 10.6 Å². The van der Waals surface area contributed by atoms with E-state index in [0.29, 0.717) is 12.5 Å². The summed E-state index contributed by atoms with van der Waals surface area (Å²) in [5.74, 6) is 0.432. The third-order valence-electron chi connectivity index (χ3n) is 4.84. The Morgan fingerprint density at radius 3 is 2.10 bits per heavy atom. The maximum atomic E-state index is 10.9. The number of rotatable bonds is 7. The fourth-order valence-electron chi connectivity index (χ4n) is 3.13. The summed E-state index contributed by atoms with van der Waals surface area (Å²) >= 11 is 0. The summed E-state index contributed by atoms with van der Waals surface area (Å²) in [6, 6.07) is 6.61. The van der Waals surface area contributed by atoms with Crippen molar-refractivity contribution in [2.45, 2.75) is 56.5 Å². The largest absolute Gasteiger partial charge is 0.494 e. The van der Waals surface area contributed by atoms with Crippen LogP contribution in [0, 0.1) is 5.92 Å². The lowest BCUT2D eigenvalue weighted by Crippen LogP contribution is -2.38. The van der Waals surface area contributed by atoms with Crippen LogP contribution in [0.25, 0.3) is 0 Å². The van der Waals surface area contributed by atoms with E-state index in [1.54, 1.807) is 24.3 Å². The summed E-state index contributed by atoms with van der Waals surface area (Å²) in [6.07, 6.45) is 3.29. The summed E-state index contributed by atoms with van der Waals surface area (Å²) in [5, 5.41) is 16.3. The molecule has 1 aromatic rings. The summed E-state index contributed by atoms with van der Waals surface area (Å²) in [5.41, 5.74) is 0.285. The lowest BCUT2D eigenvalue weighted by atomic mass is 10.0. The summed E-state index contributed by atoms with van der Waals surface area (Å²) in [7, 11) is 3.97. The van der Waals surface area contributed by atoms with E-state index in [0.717, 1.165) is 44.8 Å². The second-order valence-electron chi connectivity index (χ2n) is 8.99. The van der Waals surface area contributed by atoms with Gasteiger partial charge >= 0.3 is 5.97 Å². The maximum absolute atomic E-state index is 10.9. The molecule has 0 amide bonds. The number of aromatic carboxylic acids is 1. The summed E-state index contributed by atoms with van der Waals surface area (Å²) in [6.45, 7) is 14.0. The number of ether oxygens (including phenoxy) is 1. The van der Waals surface area contributed by atoms with Gasteiger partial charge in [0.1, 0.15) is 5.75 Å². The molecule has 0 unspecified atom stereocenters. The predicted octanol–water partition coefficient (Wildman–Crippen LogP) is 4.68. The van der Waals surface area contributed by atoms with Gasteiger partial charge in [0.05, 0.1) is 12.2 Å². The molecule has 1 fully saturated rings. The first-order chi connectivity index (χ1) is 13.7. The number of hydrogen-bond donors (Lipinski definition) is 3. The highest BCUT2D eigenvalue weighted by Crippen LogP contribution is 2.43. The highest BCUT2D eigenvalue weighted by Gasteiger charge is 2.27. The topological polar surface area (TPSA) is 70.6 Å². The number of carboxylic acids is 1. The fraction of sp³-hybridized carbons (Fsp3) is 0.682. The molecular formula is C22H36N2O3S2. The van der Waals surface area contributed by atoms with Gasteiger partial charge in [-0.05, 0) is 90.2 Å². The molecule has 0 aromatic heterocycles. The van der Waals surface area contributed by atoms with Gasteiger partial charge in [0.15, 0.2) is 0 Å². The SMILES string of the molecule is CC1(C)CNCC(CCCCOc2ccc(C(=O)O)cc2)CNCC(C)(C)SS1. The van der Waals surface area contributed by atoms with Gasteiger partial charge in [-0.3, -0.25) is 0 Å². The van der Waals surface area contributed by atoms with Crippen LogP contribution in [0.3, 0.4) is 0 Å². The Morgan fingerprint density at radius 2 is 1.59 bits per heavy atom. The molecule has 1 heterocycles. The van der Waals surface area contributed by atoms with Gasteiger partial charge in [-0.15, -0.1) is 0 Å². The zero-order valence-electron chi connectivity index (χ0n) is 18.1. The molecule has 7 heteroatoms. The van der Waals surface area contributed by atoms with Crippen LogP contribution < -0.4 is 15.4 Å². The van der Waals surface area contributed by atoms with Crippen molar-refractivity contribution >= 4 is 27.6 Å². The van der Waals surface area contributed by atoms with Gasteiger partial charge in [0.25, 0.3) is 0 Å². The lowest BCUT2D eigenvalue weighted by Gasteiger charge is -2.29. The van der Waals surface area contributed by atoms with Crippen molar-refractivity contribution in [3.8, 4) is 5.75 Å². The van der Waals surface area contributed by atoms with E-state index in [1.807, 2.05) is 21.6 Å². The maximum Gasteiger partial charge on any atom is 0.335 e. The summed E-state index contributed by atoms with van der Waals surface area (Å²) in [4.78, 5) is 10.9. The predicted molar refractivity (Wildman–Crippen MR) is 125 cm³/mol. The molecule has 1 saturated heterocycles. The molecule has 29 heavy (non-hydrogen) atoms. The van der Waals surface area contributed by atoms with Crippen molar-refractivity contribution in [1.29, 1.82) is 0 Å². The van der Waals surface area contributed by atoms with Crippen LogP contribution in [0.5, 0.6) is 5.75 Å². The molecule has 1 aliphatic rings. The smallest absolute Gasteiger partial charge is 0.335 e. The highest BCUT2D eigenvalue weighted by molar-refractivity contribution is 8.77. The van der Waals surface area contributed by atoms with Crippen LogP contribution >= 0.6 is 21.6 Å². The lowest BCUT2D eigenvalue weighted by molar-refractivity contribution is 0.0697. The molecular weight excluding hydrogens is 404 g/mol. The fourth-order valence-corrected chi connectivity index (χ4v) is 5.61. The van der Waals surface area contributed by atoms with E-state index < -0.39 is 5.97 Å². The zero-order chi connectivity index (χ0) is 21.3. The van der Waals surface area contributed by atoms with E-state index in [-0.39, 0.29) is 15.1 Å². The standard InChI is InChI=1S/C22H36N2O3S2/c1-21(2)15-23-13-17(14-24-16-22(3,4)29-28-21)7-5-6-12-27-19-10-8-18(9-11-19)20(25)26/h8-11,17,23-24H,5-7,12-16H2,1-4H3,(H,25,26). The van der Waals surface area contributed by atoms with Crippen LogP contribution in [-0.4, -0.2) is 53.4 Å². The van der Waals surface area contributed by atoms with E-state index >= 15 is 0 Å². The Morgan fingerprint density at radius 1 is 1.03 bits per heavy atom. The minimum Gasteiger partial charge on any atom is -0.494 e. The molecule has 1 aromatic carbocycles. The Bertz CT molecular complexity index is 613. The minimum absolute atomic E-state index is 0.223. The van der Waals surface area contributed by atoms with Crippen molar-refractivity contribution in [2.75, 3.05) is 32.8 Å². The molecule has 3 N–H and O–H groups in total. The van der Waals surface area contributed by atoms with Crippen molar-refractivity contribution in [2.24, 2.45) is 5.92 Å². The Kier molecular flexibility index (Phi) is 9.66. The Labute approximate surface area is 183 Å². The van der Waals surface area contributed by atoms with Gasteiger partial charge in [-0.2, -0.15) is 0 Å². The van der Waals surface area contributed by atoms with Gasteiger partial charge in [0.2, 0.25) is 0 Å². The molecule has 0 saturated carbocycles. The normalized spacial score (nSPS) is 20.6. The molecule has 2 rings (SSSR count). The molecule has 0 atom stereocenters. The van der Waals surface area contributed by atoms with Crippen molar-refractivity contribution < 1.29 is 14.6 Å². The first-order valence-electron chi connectivity index (χ1n) is 10.4. The molecule has 0 spiro atoms. The minimum atomic E-state index is -0.913. The first kappa shape index (κ1) is 24.4. The van der Waals surface area contributed by atoms with Crippen LogP contribution in [0.15, 0.2) is 24.3 Å². The third kappa shape index (κ3) is 9.64. The van der Waals surface area contributed by atoms with Crippen LogP contribution in [0.4, 0.5) is 0 Å². The molecule has 0 radical (unpaired) electrons. The summed E-state index contributed by atoms with van der Waals surface area (Å²) < 4.78 is 6.20. The van der Waals surface area contributed by atoms with Crippen molar-refractivity contribution in [3.05, 3.63) is 29.8 Å². The van der Waals surface area contributed by atoms with E-state index in [9.17, 15) is 4.79 Å². The van der Waals surface area contributed by atoms with Gasteiger partial charge in [-0.1, -0.05) is 21.6 Å². The first-order valence-corrected chi connectivity index (χ1v) is 12.6. The monoisotopic (exact) mass is 440 g/mol. The number of unbranched alkanes of at least 4 members (excludes halogenated alkanes) is 1. The number of carbonyl (C=O) groups is 1. The quantitative estimate of drug-likeness (QED) is 0.420. The Hall–Kier alpha value is -0.890. The molecule has 0 aliphatic carbocycles. The van der Waals surface area contributed by atoms with Crippen molar-refractivity contribution in [3.63, 3.8) is 0 Å². The van der Waals surface area contributed by atoms with Crippen LogP contribution in [-0.2, 0) is 0 Å². The molecule has 5 nitrogen and oxygen atoms in total. The van der Waals surface area contributed by atoms with Gasteiger partial charge in [-0.25, -0.2) is 4.79 Å². The zero-order valence-corrected chi connectivity index (χ0v) is 19.8. The molecule has 0 bridgehead atoms. The number of carboxylic acid groups (broad SMARTS) is 1. The Balaban J connectivity index is 1.72. The average Bonchev–Trinajstić information content (AvgIpc) is 2.67. The number of hydrogen-bond acceptors (Lipinski definition) is 6. The van der Waals surface area contributed by atoms with Crippen LogP contribution in [0.1, 0.15) is 57.3 Å². The van der Waals surface area contributed by atoms with E-state index in [2.05, 4.69) is 38.3 Å². The second kappa shape index (κ2) is 11.5. The molecule has 1 aliphatic heterocycles. The number of benzene rings is 1. The highest BCUT2D eigenvalue weighted by atomic mass is 33.1. The van der Waals surface area contributed by atoms with E-state index in [4.69, 9.17) is 9.84 Å². The third-order valence-corrected chi connectivity index (χ3v) is 9.07. The number of nitrogens with one attached hydrogen (secondary N) is 2. The molecule has 164 valence electrons. The van der Waals surface area contributed by atoms with Gasteiger partial charge < -0.3 is 20.5 Å². The van der Waals surface area contributed by atoms with Gasteiger partial charge in [0, 0.05) is 22.6 Å².